The van der Waals surface area contributed by atoms with Gasteiger partial charge in [-0.3, -0.25) is 4.72 Å². The number of fused-ring (bicyclic) bond motifs is 1. The number of sulfonamides is 1. The zero-order valence-electron chi connectivity index (χ0n) is 9.95. The molecule has 0 unspecified atom stereocenters. The first-order valence-corrected chi connectivity index (χ1v) is 8.12. The van der Waals surface area contributed by atoms with Crippen LogP contribution in [0.3, 0.4) is 0 Å². The summed E-state index contributed by atoms with van der Waals surface area (Å²) in [4.78, 5) is 0.0369. The summed E-state index contributed by atoms with van der Waals surface area (Å²) in [6, 6.07) is 11.7. The minimum atomic E-state index is -3.74. The maximum atomic E-state index is 12.4. The number of hydrogen-bond acceptors (Lipinski definition) is 5. The molecule has 3 aromatic rings. The minimum absolute atomic E-state index is 0.0369. The molecule has 0 aliphatic rings. The molecule has 1 aromatic heterocycles. The van der Waals surface area contributed by atoms with E-state index in [1.165, 1.54) is 6.07 Å². The summed E-state index contributed by atoms with van der Waals surface area (Å²) >= 11 is 2.15. The Kier molecular flexibility index (Phi) is 3.34. The SMILES string of the molecule is O=S(=O)(Nc1ccc(I)cc1)c1cccc2nonc12. The smallest absolute Gasteiger partial charge is 0.264 e. The number of benzene rings is 2. The van der Waals surface area contributed by atoms with Crippen LogP contribution in [0.25, 0.3) is 11.0 Å². The lowest BCUT2D eigenvalue weighted by Crippen LogP contribution is -2.13. The molecule has 3 rings (SSSR count). The van der Waals surface area contributed by atoms with Crippen molar-refractivity contribution in [2.24, 2.45) is 0 Å². The summed E-state index contributed by atoms with van der Waals surface area (Å²) in [5, 5.41) is 7.27. The normalized spacial score (nSPS) is 11.7. The molecule has 0 saturated carbocycles. The van der Waals surface area contributed by atoms with Gasteiger partial charge in [0.1, 0.15) is 10.4 Å². The first-order valence-electron chi connectivity index (χ1n) is 5.56. The van der Waals surface area contributed by atoms with Crippen LogP contribution in [-0.2, 0) is 10.0 Å². The zero-order chi connectivity index (χ0) is 14.2. The van der Waals surface area contributed by atoms with E-state index in [4.69, 9.17) is 0 Å². The van der Waals surface area contributed by atoms with Crippen LogP contribution in [-0.4, -0.2) is 18.7 Å². The molecule has 0 aliphatic heterocycles. The highest BCUT2D eigenvalue weighted by atomic mass is 127. The molecule has 102 valence electrons. The van der Waals surface area contributed by atoms with Gasteiger partial charge >= 0.3 is 0 Å². The third-order valence-corrected chi connectivity index (χ3v) is 4.77. The molecule has 0 amide bonds. The molecule has 0 aliphatic carbocycles. The first kappa shape index (κ1) is 13.3. The summed E-state index contributed by atoms with van der Waals surface area (Å²) in [5.74, 6) is 0. The van der Waals surface area contributed by atoms with Gasteiger partial charge in [0, 0.05) is 9.26 Å². The molecule has 0 bridgehead atoms. The maximum absolute atomic E-state index is 12.4. The lowest BCUT2D eigenvalue weighted by molar-refractivity contribution is 0.315. The highest BCUT2D eigenvalue weighted by molar-refractivity contribution is 14.1. The van der Waals surface area contributed by atoms with Crippen LogP contribution in [0.2, 0.25) is 0 Å². The van der Waals surface area contributed by atoms with Gasteiger partial charge in [0.15, 0.2) is 5.52 Å². The van der Waals surface area contributed by atoms with Crippen LogP contribution in [0.5, 0.6) is 0 Å². The fraction of sp³-hybridized carbons (Fsp3) is 0. The molecule has 8 heteroatoms. The number of anilines is 1. The van der Waals surface area contributed by atoms with E-state index in [9.17, 15) is 8.42 Å². The molecule has 2 aromatic carbocycles. The van der Waals surface area contributed by atoms with Crippen LogP contribution in [0, 0.1) is 3.57 Å². The fourth-order valence-electron chi connectivity index (χ4n) is 1.73. The van der Waals surface area contributed by atoms with Crippen molar-refractivity contribution in [1.29, 1.82) is 0 Å². The van der Waals surface area contributed by atoms with Gasteiger partial charge in [-0.15, -0.1) is 0 Å². The van der Waals surface area contributed by atoms with Crippen molar-refractivity contribution < 1.29 is 13.0 Å². The Morgan fingerprint density at radius 1 is 1.05 bits per heavy atom. The van der Waals surface area contributed by atoms with Gasteiger partial charge in [-0.05, 0) is 69.3 Å². The predicted molar refractivity (Wildman–Crippen MR) is 81.8 cm³/mol. The number of nitrogens with zero attached hydrogens (tertiary/aromatic N) is 2. The Hall–Kier alpha value is -1.68. The van der Waals surface area contributed by atoms with Gasteiger partial charge in [0.2, 0.25) is 0 Å². The molecule has 20 heavy (non-hydrogen) atoms. The van der Waals surface area contributed by atoms with Gasteiger partial charge in [-0.1, -0.05) is 6.07 Å². The van der Waals surface area contributed by atoms with Gasteiger partial charge in [0.05, 0.1) is 0 Å². The van der Waals surface area contributed by atoms with E-state index in [1.807, 2.05) is 12.1 Å². The molecule has 0 atom stereocenters. The highest BCUT2D eigenvalue weighted by Crippen LogP contribution is 2.22. The summed E-state index contributed by atoms with van der Waals surface area (Å²) in [7, 11) is -3.74. The molecule has 1 N–H and O–H groups in total. The Labute approximate surface area is 128 Å². The second-order valence-corrected chi connectivity index (χ2v) is 6.90. The van der Waals surface area contributed by atoms with E-state index in [0.29, 0.717) is 11.2 Å². The summed E-state index contributed by atoms with van der Waals surface area (Å²) in [6.45, 7) is 0. The van der Waals surface area contributed by atoms with Crippen LogP contribution < -0.4 is 4.72 Å². The third-order valence-electron chi connectivity index (χ3n) is 2.63. The Bertz CT molecular complexity index is 859. The van der Waals surface area contributed by atoms with E-state index < -0.39 is 10.0 Å². The number of hydrogen-bond donors (Lipinski definition) is 1. The molecule has 1 heterocycles. The first-order chi connectivity index (χ1) is 9.56. The van der Waals surface area contributed by atoms with Crippen LogP contribution in [0.15, 0.2) is 52.0 Å². The lowest BCUT2D eigenvalue weighted by Gasteiger charge is -2.07. The average molecular weight is 401 g/mol. The van der Waals surface area contributed by atoms with E-state index in [2.05, 4.69) is 42.3 Å². The third kappa shape index (κ3) is 2.48. The van der Waals surface area contributed by atoms with Crippen LogP contribution in [0.1, 0.15) is 0 Å². The molecule has 0 saturated heterocycles. The Morgan fingerprint density at radius 2 is 1.80 bits per heavy atom. The van der Waals surface area contributed by atoms with Crippen molar-refractivity contribution in [2.75, 3.05) is 4.72 Å². The van der Waals surface area contributed by atoms with E-state index in [1.54, 1.807) is 24.3 Å². The van der Waals surface area contributed by atoms with Crippen LogP contribution >= 0.6 is 22.6 Å². The van der Waals surface area contributed by atoms with Gasteiger partial charge in [-0.2, -0.15) is 0 Å². The molecular weight excluding hydrogens is 393 g/mol. The maximum Gasteiger partial charge on any atom is 0.264 e. The summed E-state index contributed by atoms with van der Waals surface area (Å²) in [6.07, 6.45) is 0. The number of aromatic nitrogens is 2. The molecular formula is C12H8IN3O3S. The van der Waals surface area contributed by atoms with Crippen molar-refractivity contribution >= 4 is 49.3 Å². The van der Waals surface area contributed by atoms with E-state index in [-0.39, 0.29) is 10.4 Å². The number of nitrogens with one attached hydrogen (secondary N) is 1. The van der Waals surface area contributed by atoms with Crippen molar-refractivity contribution in [3.63, 3.8) is 0 Å². The number of halogens is 1. The van der Waals surface area contributed by atoms with Crippen molar-refractivity contribution in [3.8, 4) is 0 Å². The topological polar surface area (TPSA) is 85.1 Å². The van der Waals surface area contributed by atoms with Gasteiger partial charge in [-0.25, -0.2) is 13.0 Å². The second-order valence-electron chi connectivity index (χ2n) is 4.00. The molecule has 0 spiro atoms. The quantitative estimate of drug-likeness (QED) is 0.683. The Morgan fingerprint density at radius 3 is 2.55 bits per heavy atom. The zero-order valence-corrected chi connectivity index (χ0v) is 12.9. The number of rotatable bonds is 3. The average Bonchev–Trinajstić information content (AvgIpc) is 2.89. The van der Waals surface area contributed by atoms with Crippen molar-refractivity contribution in [1.82, 2.24) is 10.3 Å². The highest BCUT2D eigenvalue weighted by Gasteiger charge is 2.20. The minimum Gasteiger partial charge on any atom is -0.280 e. The largest absolute Gasteiger partial charge is 0.280 e. The van der Waals surface area contributed by atoms with Gasteiger partial charge < -0.3 is 0 Å². The van der Waals surface area contributed by atoms with E-state index in [0.717, 1.165) is 3.57 Å². The van der Waals surface area contributed by atoms with Crippen LogP contribution in [0.4, 0.5) is 5.69 Å². The Balaban J connectivity index is 2.03. The van der Waals surface area contributed by atoms with Crippen molar-refractivity contribution in [3.05, 3.63) is 46.0 Å². The lowest BCUT2D eigenvalue weighted by atomic mass is 10.3. The monoisotopic (exact) mass is 401 g/mol. The molecule has 0 fully saturated rings. The van der Waals surface area contributed by atoms with E-state index >= 15 is 0 Å². The second kappa shape index (κ2) is 5.02. The summed E-state index contributed by atoms with van der Waals surface area (Å²) in [5.41, 5.74) is 1.10. The standard InChI is InChI=1S/C12H8IN3O3S/c13-8-4-6-9(7-5-8)16-20(17,18)11-3-1-2-10-12(11)15-19-14-10/h1-7,16H. The predicted octanol–water partition coefficient (Wildman–Crippen LogP) is 2.63. The molecule has 0 radical (unpaired) electrons. The summed E-state index contributed by atoms with van der Waals surface area (Å²) < 4.78 is 32.9. The fourth-order valence-corrected chi connectivity index (χ4v) is 3.30. The van der Waals surface area contributed by atoms with Crippen molar-refractivity contribution in [2.45, 2.75) is 4.90 Å². The van der Waals surface area contributed by atoms with Gasteiger partial charge in [0.25, 0.3) is 10.0 Å². The molecule has 6 nitrogen and oxygen atoms in total.